The lowest BCUT2D eigenvalue weighted by Gasteiger charge is -2.25. The molecule has 1 aliphatic heterocycles. The molecule has 0 amide bonds. The molecule has 0 bridgehead atoms. The number of aliphatic hydroxyl groups is 1. The van der Waals surface area contributed by atoms with Crippen LogP contribution in [0, 0.1) is 29.6 Å². The Balaban J connectivity index is 2.69. The first-order valence-corrected chi connectivity index (χ1v) is 14.0. The number of hydrogen-bond acceptors (Lipinski definition) is 5. The van der Waals surface area contributed by atoms with E-state index in [9.17, 15) is 19.5 Å². The Hall–Kier alpha value is -2.99. The number of carbonyl (C=O) groups excluding carboxylic acids is 2. The van der Waals surface area contributed by atoms with Crippen LogP contribution in [0.4, 0.5) is 0 Å². The Morgan fingerprint density at radius 1 is 1.10 bits per heavy atom. The molecule has 0 fully saturated rings. The zero-order valence-electron chi connectivity index (χ0n) is 24.9. The summed E-state index contributed by atoms with van der Waals surface area (Å²) in [5.41, 5.74) is 2.84. The van der Waals surface area contributed by atoms with Gasteiger partial charge in [0.05, 0.1) is 6.10 Å². The molecule has 2 N–H and O–H groups in total. The number of aliphatic hydroxyl groups excluding tert-OH is 1. The second kappa shape index (κ2) is 16.9. The van der Waals surface area contributed by atoms with Crippen molar-refractivity contribution in [1.29, 1.82) is 0 Å². The lowest BCUT2D eigenvalue weighted by molar-refractivity contribution is -0.143. The van der Waals surface area contributed by atoms with Crippen LogP contribution in [0.2, 0.25) is 0 Å². The van der Waals surface area contributed by atoms with Gasteiger partial charge in [0, 0.05) is 29.9 Å². The van der Waals surface area contributed by atoms with Crippen LogP contribution >= 0.6 is 0 Å². The number of ketones is 1. The number of rotatable bonds is 15. The first-order chi connectivity index (χ1) is 18.2. The summed E-state index contributed by atoms with van der Waals surface area (Å²) in [5, 5.41) is 19.6. The standard InChI is InChI=1S/C33H48O6/c1-9-28(14-15-29-24(5)13-16-31(36)39-29)19-22(3)12-10-11-21(2)17-25(6)32(37)27(8)33(38)26(7)18-23(4)20-30(34)35/h10-11,13-17,19-20,22,24-27,29,33,38H,9,12,18H2,1-8H3,(H,34,35)/b11-10+,15-14+,21-17+,23-20+,28-19-/t22-,24+,25-,26+,27-,29+,33-/m0/s1. The predicted molar refractivity (Wildman–Crippen MR) is 157 cm³/mol. The third-order valence-electron chi connectivity index (χ3n) is 7.12. The van der Waals surface area contributed by atoms with Crippen molar-refractivity contribution in [2.75, 3.05) is 0 Å². The van der Waals surface area contributed by atoms with Gasteiger partial charge >= 0.3 is 11.9 Å². The molecule has 7 atom stereocenters. The molecule has 6 nitrogen and oxygen atoms in total. The van der Waals surface area contributed by atoms with Crippen molar-refractivity contribution < 1.29 is 29.3 Å². The van der Waals surface area contributed by atoms with Crippen molar-refractivity contribution >= 4 is 17.7 Å². The Bertz CT molecular complexity index is 1020. The van der Waals surface area contributed by atoms with E-state index < -0.39 is 18.0 Å². The number of Topliss-reactive ketones (excluding diaryl/α,β-unsaturated/α-hetero) is 1. The Morgan fingerprint density at radius 2 is 1.77 bits per heavy atom. The summed E-state index contributed by atoms with van der Waals surface area (Å²) in [4.78, 5) is 35.3. The van der Waals surface area contributed by atoms with Gasteiger partial charge in [-0.2, -0.15) is 0 Å². The van der Waals surface area contributed by atoms with Crippen LogP contribution in [0.5, 0.6) is 0 Å². The Labute approximate surface area is 234 Å². The van der Waals surface area contributed by atoms with Gasteiger partial charge in [-0.25, -0.2) is 9.59 Å². The second-order valence-corrected chi connectivity index (χ2v) is 11.1. The molecule has 0 aliphatic carbocycles. The number of aliphatic carboxylic acids is 1. The molecular weight excluding hydrogens is 492 g/mol. The van der Waals surface area contributed by atoms with Crippen molar-refractivity contribution in [3.8, 4) is 0 Å². The van der Waals surface area contributed by atoms with Crippen LogP contribution in [0.3, 0.4) is 0 Å². The molecule has 0 aromatic rings. The minimum Gasteiger partial charge on any atom is -0.478 e. The van der Waals surface area contributed by atoms with E-state index >= 15 is 0 Å². The fraction of sp³-hybridized carbons (Fsp3) is 0.545. The molecule has 1 aliphatic rings. The highest BCUT2D eigenvalue weighted by atomic mass is 16.5. The number of carboxylic acids is 1. The molecule has 0 aromatic carbocycles. The SMILES string of the molecule is CCC(=C/[C@@H](C)C/C=C/C(C)=C/[C@H](C)C(=O)[C@H](C)[C@@H](O)[C@H](C)C/C(C)=C/C(=O)O)/C=C/[C@H]1OC(=O)C=C[C@H]1C. The predicted octanol–water partition coefficient (Wildman–Crippen LogP) is 6.78. The number of carbonyl (C=O) groups is 3. The van der Waals surface area contributed by atoms with E-state index in [1.54, 1.807) is 13.8 Å². The molecule has 0 spiro atoms. The van der Waals surface area contributed by atoms with Crippen molar-refractivity contribution in [3.63, 3.8) is 0 Å². The number of cyclic esters (lactones) is 1. The van der Waals surface area contributed by atoms with Crippen molar-refractivity contribution in [2.45, 2.75) is 86.9 Å². The number of ether oxygens (including phenoxy) is 1. The fourth-order valence-electron chi connectivity index (χ4n) is 4.75. The second-order valence-electron chi connectivity index (χ2n) is 11.1. The molecule has 0 radical (unpaired) electrons. The Morgan fingerprint density at radius 3 is 2.38 bits per heavy atom. The van der Waals surface area contributed by atoms with Crippen molar-refractivity contribution in [2.24, 2.45) is 29.6 Å². The lowest BCUT2D eigenvalue weighted by Crippen LogP contribution is -2.34. The summed E-state index contributed by atoms with van der Waals surface area (Å²) >= 11 is 0. The van der Waals surface area contributed by atoms with Gasteiger partial charge in [0.25, 0.3) is 0 Å². The van der Waals surface area contributed by atoms with Gasteiger partial charge in [-0.3, -0.25) is 4.79 Å². The van der Waals surface area contributed by atoms with E-state index in [4.69, 9.17) is 9.84 Å². The quantitative estimate of drug-likeness (QED) is 0.135. The maximum absolute atomic E-state index is 13.0. The molecule has 39 heavy (non-hydrogen) atoms. The molecule has 0 aromatic heterocycles. The minimum atomic E-state index is -1.01. The van der Waals surface area contributed by atoms with E-state index in [1.165, 1.54) is 11.6 Å². The van der Waals surface area contributed by atoms with Gasteiger partial charge in [0.1, 0.15) is 11.9 Å². The summed E-state index contributed by atoms with van der Waals surface area (Å²) in [6.07, 6.45) is 17.8. The van der Waals surface area contributed by atoms with Crippen LogP contribution in [-0.2, 0) is 19.1 Å². The zero-order chi connectivity index (χ0) is 29.7. The maximum atomic E-state index is 13.0. The van der Waals surface area contributed by atoms with E-state index in [1.807, 2.05) is 58.1 Å². The smallest absolute Gasteiger partial charge is 0.331 e. The minimum absolute atomic E-state index is 0.0360. The van der Waals surface area contributed by atoms with Crippen LogP contribution < -0.4 is 0 Å². The van der Waals surface area contributed by atoms with Crippen molar-refractivity contribution in [3.05, 3.63) is 71.4 Å². The van der Waals surface area contributed by atoms with Gasteiger partial charge in [0.2, 0.25) is 0 Å². The van der Waals surface area contributed by atoms with Gasteiger partial charge in [-0.15, -0.1) is 0 Å². The first kappa shape index (κ1) is 34.0. The molecular formula is C33H48O6. The average Bonchev–Trinajstić information content (AvgIpc) is 2.86. The van der Waals surface area contributed by atoms with Crippen LogP contribution in [-0.4, -0.2) is 40.1 Å². The summed E-state index contributed by atoms with van der Waals surface area (Å²) in [7, 11) is 0. The normalized spacial score (nSPS) is 23.0. The summed E-state index contributed by atoms with van der Waals surface area (Å²) in [5.74, 6) is -2.01. The first-order valence-electron chi connectivity index (χ1n) is 14.0. The summed E-state index contributed by atoms with van der Waals surface area (Å²) in [6, 6.07) is 0. The molecule has 1 rings (SSSR count). The maximum Gasteiger partial charge on any atom is 0.331 e. The van der Waals surface area contributed by atoms with E-state index in [2.05, 4.69) is 26.0 Å². The van der Waals surface area contributed by atoms with Gasteiger partial charge in [-0.1, -0.05) is 94.7 Å². The lowest BCUT2D eigenvalue weighted by atomic mass is 9.83. The summed E-state index contributed by atoms with van der Waals surface area (Å²) in [6.45, 7) is 15.4. The summed E-state index contributed by atoms with van der Waals surface area (Å²) < 4.78 is 5.39. The highest BCUT2D eigenvalue weighted by molar-refractivity contribution is 5.85. The Kier molecular flexibility index (Phi) is 14.7. The van der Waals surface area contributed by atoms with E-state index in [-0.39, 0.29) is 35.6 Å². The van der Waals surface area contributed by atoms with E-state index in [0.717, 1.165) is 24.5 Å². The van der Waals surface area contributed by atoms with E-state index in [0.29, 0.717) is 17.9 Å². The third-order valence-corrected chi connectivity index (χ3v) is 7.12. The molecule has 6 heteroatoms. The highest BCUT2D eigenvalue weighted by Crippen LogP contribution is 2.24. The zero-order valence-corrected chi connectivity index (χ0v) is 24.9. The number of allylic oxidation sites excluding steroid dienone is 8. The van der Waals surface area contributed by atoms with Crippen molar-refractivity contribution in [1.82, 2.24) is 0 Å². The number of hydrogen-bond donors (Lipinski definition) is 2. The van der Waals surface area contributed by atoms with Crippen LogP contribution in [0.15, 0.2) is 71.4 Å². The monoisotopic (exact) mass is 540 g/mol. The third kappa shape index (κ3) is 12.6. The molecule has 0 saturated carbocycles. The molecule has 0 saturated heterocycles. The molecule has 0 unspecified atom stereocenters. The van der Waals surface area contributed by atoms with Crippen LogP contribution in [0.1, 0.15) is 74.7 Å². The van der Waals surface area contributed by atoms with Gasteiger partial charge in [0.15, 0.2) is 0 Å². The molecule has 216 valence electrons. The average molecular weight is 541 g/mol. The number of carboxylic acid groups (broad SMARTS) is 1. The number of esters is 1. The topological polar surface area (TPSA) is 101 Å². The van der Waals surface area contributed by atoms with Gasteiger partial charge < -0.3 is 14.9 Å². The van der Waals surface area contributed by atoms with Gasteiger partial charge in [-0.05, 0) is 51.0 Å². The highest BCUT2D eigenvalue weighted by Gasteiger charge is 2.29. The molecule has 1 heterocycles. The van der Waals surface area contributed by atoms with Crippen LogP contribution in [0.25, 0.3) is 0 Å². The largest absolute Gasteiger partial charge is 0.478 e. The fourth-order valence-corrected chi connectivity index (χ4v) is 4.75.